The Morgan fingerprint density at radius 2 is 2.10 bits per heavy atom. The molecule has 0 amide bonds. The molecule has 0 unspecified atom stereocenters. The maximum atomic E-state index is 8.55. The molecule has 0 aromatic rings. The molecule has 1 radical (unpaired) electrons. The van der Waals surface area contributed by atoms with Crippen LogP contribution in [-0.2, 0) is 0 Å². The maximum Gasteiger partial charge on any atom is 0.0433 e. The summed E-state index contributed by atoms with van der Waals surface area (Å²) in [6.45, 7) is 2.60. The first-order valence-corrected chi connectivity index (χ1v) is 4.08. The number of aliphatic hydroxyl groups excluding tert-OH is 1. The average Bonchev–Trinajstić information content (AvgIpc) is 2.03. The summed E-state index contributed by atoms with van der Waals surface area (Å²) in [6.07, 6.45) is 5.62. The first-order chi connectivity index (χ1) is 4.93. The monoisotopic (exact) mass is 142 g/mol. The summed E-state index contributed by atoms with van der Waals surface area (Å²) >= 11 is 0. The minimum absolute atomic E-state index is 0.309. The lowest BCUT2D eigenvalue weighted by Crippen LogP contribution is -2.27. The normalized spacial score (nSPS) is 21.3. The van der Waals surface area contributed by atoms with Crippen LogP contribution in [0.5, 0.6) is 0 Å². The van der Waals surface area contributed by atoms with Crippen LogP contribution >= 0.6 is 0 Å². The maximum absolute atomic E-state index is 8.55. The van der Waals surface area contributed by atoms with E-state index >= 15 is 0 Å². The summed E-state index contributed by atoms with van der Waals surface area (Å²) in [4.78, 5) is 0. The van der Waals surface area contributed by atoms with E-state index in [1.807, 2.05) is 0 Å². The van der Waals surface area contributed by atoms with Crippen LogP contribution in [0.3, 0.4) is 0 Å². The molecule has 0 spiro atoms. The molecule has 0 aromatic heterocycles. The molecule has 1 rings (SSSR count). The van der Waals surface area contributed by atoms with Crippen molar-refractivity contribution in [2.45, 2.75) is 19.3 Å². The fraction of sp³-hybridized carbons (Fsp3) is 0.875. The lowest BCUT2D eigenvalue weighted by atomic mass is 9.93. The summed E-state index contributed by atoms with van der Waals surface area (Å²) in [6, 6.07) is 0. The van der Waals surface area contributed by atoms with Crippen LogP contribution in [0.25, 0.3) is 0 Å². The van der Waals surface area contributed by atoms with Gasteiger partial charge in [-0.25, -0.2) is 0 Å². The molecule has 0 atom stereocenters. The average molecular weight is 142 g/mol. The van der Waals surface area contributed by atoms with Crippen LogP contribution in [0.15, 0.2) is 0 Å². The zero-order valence-corrected chi connectivity index (χ0v) is 6.34. The molecular weight excluding hydrogens is 126 g/mol. The Labute approximate surface area is 62.6 Å². The third-order valence-corrected chi connectivity index (χ3v) is 2.01. The molecule has 1 fully saturated rings. The number of hydrogen-bond donors (Lipinski definition) is 2. The van der Waals surface area contributed by atoms with Gasteiger partial charge in [-0.15, -0.1) is 0 Å². The molecule has 2 heteroatoms. The van der Waals surface area contributed by atoms with Gasteiger partial charge in [0.1, 0.15) is 0 Å². The minimum Gasteiger partial charge on any atom is -0.396 e. The van der Waals surface area contributed by atoms with Crippen molar-refractivity contribution in [3.8, 4) is 0 Å². The predicted octanol–water partition coefficient (Wildman–Crippen LogP) is 0.573. The highest BCUT2D eigenvalue weighted by Gasteiger charge is 2.11. The van der Waals surface area contributed by atoms with Gasteiger partial charge < -0.3 is 10.4 Å². The van der Waals surface area contributed by atoms with Crippen molar-refractivity contribution >= 4 is 0 Å². The number of aliphatic hydroxyl groups is 1. The number of rotatable bonds is 3. The summed E-state index contributed by atoms with van der Waals surface area (Å²) in [5.74, 6) is 0.758. The van der Waals surface area contributed by atoms with E-state index in [9.17, 15) is 0 Å². The van der Waals surface area contributed by atoms with Gasteiger partial charge >= 0.3 is 0 Å². The van der Waals surface area contributed by atoms with E-state index in [0.717, 1.165) is 25.4 Å². The van der Waals surface area contributed by atoms with Gasteiger partial charge in [0.15, 0.2) is 0 Å². The Hall–Kier alpha value is -0.0800. The highest BCUT2D eigenvalue weighted by molar-refractivity contribution is 4.80. The van der Waals surface area contributed by atoms with E-state index in [-0.39, 0.29) is 0 Å². The zero-order chi connectivity index (χ0) is 7.23. The molecule has 1 aliphatic heterocycles. The molecule has 0 aliphatic carbocycles. The molecule has 0 bridgehead atoms. The molecule has 2 N–H and O–H groups in total. The molecule has 1 heterocycles. The van der Waals surface area contributed by atoms with Gasteiger partial charge in [-0.3, -0.25) is 0 Å². The third-order valence-electron chi connectivity index (χ3n) is 2.01. The lowest BCUT2D eigenvalue weighted by molar-refractivity contribution is 0.286. The molecule has 0 saturated carbocycles. The highest BCUT2D eigenvalue weighted by Crippen LogP contribution is 2.15. The molecule has 2 nitrogen and oxygen atoms in total. The van der Waals surface area contributed by atoms with E-state index in [1.54, 1.807) is 0 Å². The molecule has 10 heavy (non-hydrogen) atoms. The van der Waals surface area contributed by atoms with E-state index in [2.05, 4.69) is 11.7 Å². The second-order valence-electron chi connectivity index (χ2n) is 2.84. The van der Waals surface area contributed by atoms with Crippen LogP contribution in [0, 0.1) is 12.3 Å². The molecule has 1 aliphatic rings. The molecule has 1 saturated heterocycles. The summed E-state index contributed by atoms with van der Waals surface area (Å²) < 4.78 is 0. The van der Waals surface area contributed by atoms with Crippen molar-refractivity contribution < 1.29 is 5.11 Å². The lowest BCUT2D eigenvalue weighted by Gasteiger charge is -2.21. The first kappa shape index (κ1) is 8.02. The standard InChI is InChI=1S/C8H16NO/c10-7-1-2-8-3-5-9-6-4-8/h2,8-10H,1,3-7H2. The van der Waals surface area contributed by atoms with Gasteiger partial charge in [-0.05, 0) is 44.7 Å². The van der Waals surface area contributed by atoms with Crippen molar-refractivity contribution in [3.05, 3.63) is 6.42 Å². The van der Waals surface area contributed by atoms with E-state index < -0.39 is 0 Å². The van der Waals surface area contributed by atoms with Crippen LogP contribution in [0.4, 0.5) is 0 Å². The minimum atomic E-state index is 0.309. The van der Waals surface area contributed by atoms with Gasteiger partial charge in [0.2, 0.25) is 0 Å². The Balaban J connectivity index is 2.02. The van der Waals surface area contributed by atoms with Gasteiger partial charge in [0, 0.05) is 6.61 Å². The van der Waals surface area contributed by atoms with Crippen molar-refractivity contribution in [3.63, 3.8) is 0 Å². The Bertz CT molecular complexity index is 79.3. The Morgan fingerprint density at radius 3 is 2.70 bits per heavy atom. The van der Waals surface area contributed by atoms with Crippen LogP contribution in [0.2, 0.25) is 0 Å². The third kappa shape index (κ3) is 2.67. The number of piperidine rings is 1. The zero-order valence-electron chi connectivity index (χ0n) is 6.34. The molecular formula is C8H16NO. The fourth-order valence-corrected chi connectivity index (χ4v) is 1.39. The van der Waals surface area contributed by atoms with E-state index in [4.69, 9.17) is 5.11 Å². The van der Waals surface area contributed by atoms with Gasteiger partial charge in [0.05, 0.1) is 0 Å². The van der Waals surface area contributed by atoms with Crippen molar-refractivity contribution in [2.24, 2.45) is 5.92 Å². The molecule has 0 aromatic carbocycles. The summed E-state index contributed by atoms with van der Waals surface area (Å²) in [5, 5.41) is 11.9. The van der Waals surface area contributed by atoms with Crippen LogP contribution in [0.1, 0.15) is 19.3 Å². The second-order valence-corrected chi connectivity index (χ2v) is 2.84. The summed E-state index contributed by atoms with van der Waals surface area (Å²) in [5.41, 5.74) is 0. The van der Waals surface area contributed by atoms with Crippen molar-refractivity contribution in [1.29, 1.82) is 0 Å². The largest absolute Gasteiger partial charge is 0.396 e. The van der Waals surface area contributed by atoms with Gasteiger partial charge in [-0.1, -0.05) is 0 Å². The Kier molecular flexibility index (Phi) is 3.76. The van der Waals surface area contributed by atoms with Crippen molar-refractivity contribution in [2.75, 3.05) is 19.7 Å². The quantitative estimate of drug-likeness (QED) is 0.604. The summed E-state index contributed by atoms with van der Waals surface area (Å²) in [7, 11) is 0. The SMILES string of the molecule is OCC[CH]C1CCNCC1. The van der Waals surface area contributed by atoms with E-state index in [1.165, 1.54) is 12.8 Å². The van der Waals surface area contributed by atoms with Crippen LogP contribution in [-0.4, -0.2) is 24.8 Å². The number of hydrogen-bond acceptors (Lipinski definition) is 2. The second kappa shape index (κ2) is 4.69. The highest BCUT2D eigenvalue weighted by atomic mass is 16.2. The molecule has 59 valence electrons. The number of nitrogens with one attached hydrogen (secondary N) is 1. The Morgan fingerprint density at radius 1 is 1.40 bits per heavy atom. The first-order valence-electron chi connectivity index (χ1n) is 4.08. The van der Waals surface area contributed by atoms with Gasteiger partial charge in [-0.2, -0.15) is 0 Å². The van der Waals surface area contributed by atoms with Gasteiger partial charge in [0.25, 0.3) is 0 Å². The fourth-order valence-electron chi connectivity index (χ4n) is 1.39. The van der Waals surface area contributed by atoms with E-state index in [0.29, 0.717) is 6.61 Å². The topological polar surface area (TPSA) is 32.3 Å². The van der Waals surface area contributed by atoms with Crippen molar-refractivity contribution in [1.82, 2.24) is 5.32 Å². The van der Waals surface area contributed by atoms with Crippen LogP contribution < -0.4 is 5.32 Å². The smallest absolute Gasteiger partial charge is 0.0433 e. The predicted molar refractivity (Wildman–Crippen MR) is 41.6 cm³/mol.